The van der Waals surface area contributed by atoms with E-state index in [1.54, 1.807) is 10.8 Å². The Balaban J connectivity index is 2.76. The molecule has 1 aromatic carbocycles. The standard InChI is InChI=1S/C14H26Si2/c1-15(2,3)11-10-13-8-7-9-14(12-13)16(4,5)6/h7-9,12H,10-11H2,1-6H3. The molecule has 0 aliphatic heterocycles. The van der Waals surface area contributed by atoms with Crippen molar-refractivity contribution in [2.75, 3.05) is 0 Å². The van der Waals surface area contributed by atoms with Crippen molar-refractivity contribution in [3.63, 3.8) is 0 Å². The molecule has 0 aliphatic rings. The van der Waals surface area contributed by atoms with Crippen LogP contribution in [0.3, 0.4) is 0 Å². The molecule has 0 radical (unpaired) electrons. The summed E-state index contributed by atoms with van der Waals surface area (Å²) in [7, 11) is -2.02. The maximum Gasteiger partial charge on any atom is 0.0776 e. The summed E-state index contributed by atoms with van der Waals surface area (Å²) in [6, 6.07) is 10.7. The van der Waals surface area contributed by atoms with Gasteiger partial charge in [0.25, 0.3) is 0 Å². The average Bonchev–Trinajstić information content (AvgIpc) is 2.13. The topological polar surface area (TPSA) is 0 Å². The largest absolute Gasteiger partial charge is 0.0776 e. The molecule has 0 bridgehead atoms. The van der Waals surface area contributed by atoms with Crippen LogP contribution < -0.4 is 5.19 Å². The summed E-state index contributed by atoms with van der Waals surface area (Å²) >= 11 is 0. The van der Waals surface area contributed by atoms with Crippen LogP contribution in [0.4, 0.5) is 0 Å². The van der Waals surface area contributed by atoms with Gasteiger partial charge in [-0.05, 0) is 12.0 Å². The predicted molar refractivity (Wildman–Crippen MR) is 81.3 cm³/mol. The van der Waals surface area contributed by atoms with Crippen LogP contribution in [0.1, 0.15) is 5.56 Å². The van der Waals surface area contributed by atoms with Gasteiger partial charge in [0.2, 0.25) is 0 Å². The fraction of sp³-hybridized carbons (Fsp3) is 0.571. The third-order valence-corrected chi connectivity index (χ3v) is 6.75. The van der Waals surface area contributed by atoms with E-state index in [0.29, 0.717) is 0 Å². The monoisotopic (exact) mass is 250 g/mol. The molecular formula is C14H26Si2. The zero-order chi connectivity index (χ0) is 12.4. The molecule has 0 unspecified atom stereocenters. The first-order valence-electron chi connectivity index (χ1n) is 6.28. The second-order valence-corrected chi connectivity index (χ2v) is 17.7. The predicted octanol–water partition coefficient (Wildman–Crippen LogP) is 4.11. The molecule has 90 valence electrons. The molecule has 0 amide bonds. The minimum absolute atomic E-state index is 0.892. The number of rotatable bonds is 4. The van der Waals surface area contributed by atoms with Crippen LogP contribution in [-0.4, -0.2) is 16.1 Å². The van der Waals surface area contributed by atoms with Gasteiger partial charge in [-0.25, -0.2) is 0 Å². The summed E-state index contributed by atoms with van der Waals surface area (Å²) in [5, 5.41) is 1.60. The van der Waals surface area contributed by atoms with Crippen molar-refractivity contribution in [3.8, 4) is 0 Å². The molecule has 16 heavy (non-hydrogen) atoms. The van der Waals surface area contributed by atoms with E-state index in [1.165, 1.54) is 12.5 Å². The molecule has 0 N–H and O–H groups in total. The van der Waals surface area contributed by atoms with Gasteiger partial charge in [-0.3, -0.25) is 0 Å². The molecule has 0 heterocycles. The highest BCUT2D eigenvalue weighted by atomic mass is 28.3. The minimum Gasteiger partial charge on any atom is -0.0695 e. The van der Waals surface area contributed by atoms with Crippen LogP contribution in [0.2, 0.25) is 45.3 Å². The fourth-order valence-corrected chi connectivity index (χ4v) is 3.97. The van der Waals surface area contributed by atoms with Crippen molar-refractivity contribution in [1.29, 1.82) is 0 Å². The molecule has 1 rings (SSSR count). The highest BCUT2D eigenvalue weighted by Gasteiger charge is 2.17. The van der Waals surface area contributed by atoms with Crippen LogP contribution in [0, 0.1) is 0 Å². The molecule has 0 aliphatic carbocycles. The van der Waals surface area contributed by atoms with Gasteiger partial charge < -0.3 is 0 Å². The second-order valence-electron chi connectivity index (χ2n) is 7.01. The highest BCUT2D eigenvalue weighted by molar-refractivity contribution is 6.88. The van der Waals surface area contributed by atoms with Gasteiger partial charge >= 0.3 is 0 Å². The van der Waals surface area contributed by atoms with Crippen LogP contribution in [0.15, 0.2) is 24.3 Å². The maximum atomic E-state index is 2.45. The van der Waals surface area contributed by atoms with Crippen molar-refractivity contribution in [2.24, 2.45) is 0 Å². The minimum atomic E-state index is -1.13. The van der Waals surface area contributed by atoms with E-state index in [-0.39, 0.29) is 0 Å². The van der Waals surface area contributed by atoms with Crippen molar-refractivity contribution in [1.82, 2.24) is 0 Å². The van der Waals surface area contributed by atoms with E-state index in [9.17, 15) is 0 Å². The molecule has 0 fully saturated rings. The van der Waals surface area contributed by atoms with Crippen LogP contribution in [0.5, 0.6) is 0 Å². The number of hydrogen-bond acceptors (Lipinski definition) is 0. The average molecular weight is 251 g/mol. The summed E-state index contributed by atoms with van der Waals surface area (Å²) in [5.41, 5.74) is 1.54. The summed E-state index contributed by atoms with van der Waals surface area (Å²) in [5.74, 6) is 0. The Bertz CT molecular complexity index is 342. The van der Waals surface area contributed by atoms with Crippen molar-refractivity contribution in [2.45, 2.75) is 51.7 Å². The molecule has 0 nitrogen and oxygen atoms in total. The zero-order valence-corrected chi connectivity index (χ0v) is 13.7. The first-order valence-corrected chi connectivity index (χ1v) is 13.5. The summed E-state index contributed by atoms with van der Waals surface area (Å²) in [6.07, 6.45) is 1.27. The van der Waals surface area contributed by atoms with E-state index < -0.39 is 16.1 Å². The van der Waals surface area contributed by atoms with Gasteiger partial charge in [0.1, 0.15) is 0 Å². The highest BCUT2D eigenvalue weighted by Crippen LogP contribution is 2.14. The summed E-state index contributed by atoms with van der Waals surface area (Å²) in [4.78, 5) is 0. The molecule has 0 saturated heterocycles. The first-order chi connectivity index (χ1) is 7.18. The lowest BCUT2D eigenvalue weighted by Gasteiger charge is -2.19. The van der Waals surface area contributed by atoms with Gasteiger partial charge in [-0.1, -0.05) is 74.8 Å². The molecular weight excluding hydrogens is 224 g/mol. The number of hydrogen-bond donors (Lipinski definition) is 0. The van der Waals surface area contributed by atoms with Gasteiger partial charge in [-0.2, -0.15) is 0 Å². The molecule has 2 heteroatoms. The van der Waals surface area contributed by atoms with Gasteiger partial charge in [0, 0.05) is 8.07 Å². The molecule has 1 aromatic rings. The smallest absolute Gasteiger partial charge is 0.0695 e. The van der Waals surface area contributed by atoms with E-state index in [4.69, 9.17) is 0 Å². The summed E-state index contributed by atoms with van der Waals surface area (Å²) < 4.78 is 0. The van der Waals surface area contributed by atoms with Crippen LogP contribution >= 0.6 is 0 Å². The van der Waals surface area contributed by atoms with Crippen LogP contribution in [-0.2, 0) is 6.42 Å². The Hall–Kier alpha value is -0.346. The van der Waals surface area contributed by atoms with Gasteiger partial charge in [0.05, 0.1) is 8.07 Å². The zero-order valence-electron chi connectivity index (χ0n) is 11.7. The molecule has 0 spiro atoms. The first kappa shape index (κ1) is 13.7. The number of aryl methyl sites for hydroxylation is 1. The van der Waals surface area contributed by atoms with Crippen LogP contribution in [0.25, 0.3) is 0 Å². The molecule has 0 aromatic heterocycles. The second kappa shape index (κ2) is 4.88. The third kappa shape index (κ3) is 4.66. The normalized spacial score (nSPS) is 12.9. The maximum absolute atomic E-state index is 2.45. The third-order valence-electron chi connectivity index (χ3n) is 2.96. The Morgan fingerprint density at radius 3 is 2.06 bits per heavy atom. The fourth-order valence-electron chi connectivity index (χ4n) is 1.71. The van der Waals surface area contributed by atoms with Crippen molar-refractivity contribution >= 4 is 21.3 Å². The lowest BCUT2D eigenvalue weighted by atomic mass is 10.2. The lowest BCUT2D eigenvalue weighted by Crippen LogP contribution is -2.37. The quantitative estimate of drug-likeness (QED) is 0.706. The van der Waals surface area contributed by atoms with E-state index in [0.717, 1.165) is 0 Å². The Labute approximate surface area is 103 Å². The van der Waals surface area contributed by atoms with Crippen molar-refractivity contribution < 1.29 is 0 Å². The molecule has 0 atom stereocenters. The Morgan fingerprint density at radius 1 is 0.938 bits per heavy atom. The van der Waals surface area contributed by atoms with Gasteiger partial charge in [-0.15, -0.1) is 0 Å². The van der Waals surface area contributed by atoms with E-state index in [1.807, 2.05) is 0 Å². The Kier molecular flexibility index (Phi) is 4.19. The van der Waals surface area contributed by atoms with Crippen molar-refractivity contribution in [3.05, 3.63) is 29.8 Å². The Morgan fingerprint density at radius 2 is 1.56 bits per heavy atom. The molecule has 0 saturated carbocycles. The van der Waals surface area contributed by atoms with E-state index >= 15 is 0 Å². The SMILES string of the molecule is C[Si](C)(C)CCc1cccc([Si](C)(C)C)c1. The number of benzene rings is 1. The summed E-state index contributed by atoms with van der Waals surface area (Å²) in [6.45, 7) is 14.6. The lowest BCUT2D eigenvalue weighted by molar-refractivity contribution is 1.10. The van der Waals surface area contributed by atoms with E-state index in [2.05, 4.69) is 63.5 Å². The van der Waals surface area contributed by atoms with Gasteiger partial charge in [0.15, 0.2) is 0 Å².